The van der Waals surface area contributed by atoms with Gasteiger partial charge in [-0.2, -0.15) is 0 Å². The Morgan fingerprint density at radius 3 is 2.60 bits per heavy atom. The maximum absolute atomic E-state index is 11.3. The van der Waals surface area contributed by atoms with Crippen molar-refractivity contribution in [2.75, 3.05) is 19.8 Å². The molecule has 0 radical (unpaired) electrons. The molecule has 0 fully saturated rings. The van der Waals surface area contributed by atoms with E-state index in [0.717, 1.165) is 0 Å². The van der Waals surface area contributed by atoms with Crippen LogP contribution >= 0.6 is 0 Å². The van der Waals surface area contributed by atoms with E-state index in [1.165, 1.54) is 11.1 Å². The molecule has 0 spiro atoms. The smallest absolute Gasteiger partial charge is 0.413 e. The van der Waals surface area contributed by atoms with Gasteiger partial charge in [0.2, 0.25) is 0 Å². The normalized spacial score (nSPS) is 14.8. The van der Waals surface area contributed by atoms with Crippen LogP contribution in [0.2, 0.25) is 0 Å². The number of ether oxygens (including phenoxy) is 2. The van der Waals surface area contributed by atoms with Gasteiger partial charge in [-0.05, 0) is 20.3 Å². The molecule has 1 aliphatic heterocycles. The van der Waals surface area contributed by atoms with Crippen molar-refractivity contribution in [1.29, 1.82) is 0 Å². The maximum atomic E-state index is 11.3. The lowest BCUT2D eigenvalue weighted by molar-refractivity contribution is -0.138. The second kappa shape index (κ2) is 5.38. The maximum Gasteiger partial charge on any atom is 0.413 e. The summed E-state index contributed by atoms with van der Waals surface area (Å²) in [6.45, 7) is 4.64. The predicted molar refractivity (Wildman–Crippen MR) is 53.1 cm³/mol. The van der Waals surface area contributed by atoms with E-state index in [0.29, 0.717) is 31.8 Å². The van der Waals surface area contributed by atoms with Gasteiger partial charge in [0.05, 0.1) is 18.8 Å². The van der Waals surface area contributed by atoms with Gasteiger partial charge in [0.1, 0.15) is 0 Å². The highest BCUT2D eigenvalue weighted by Crippen LogP contribution is 2.16. The Labute approximate surface area is 88.6 Å². The molecular formula is C10H15NO4. The lowest BCUT2D eigenvalue weighted by Gasteiger charge is -2.11. The molecular weight excluding hydrogens is 198 g/mol. The van der Waals surface area contributed by atoms with Gasteiger partial charge in [-0.1, -0.05) is 0 Å². The molecule has 0 unspecified atom stereocenters. The summed E-state index contributed by atoms with van der Waals surface area (Å²) < 4.78 is 9.63. The zero-order valence-electron chi connectivity index (χ0n) is 8.99. The van der Waals surface area contributed by atoms with Crippen molar-refractivity contribution in [3.05, 3.63) is 11.8 Å². The third kappa shape index (κ3) is 2.97. The average Bonchev–Trinajstić information content (AvgIpc) is 2.67. The van der Waals surface area contributed by atoms with E-state index < -0.39 is 6.09 Å². The van der Waals surface area contributed by atoms with E-state index >= 15 is 0 Å². The van der Waals surface area contributed by atoms with Crippen molar-refractivity contribution < 1.29 is 19.1 Å². The molecule has 84 valence electrons. The first-order valence-electron chi connectivity index (χ1n) is 5.00. The minimum absolute atomic E-state index is 0.331. The Hall–Kier alpha value is -1.52. The summed E-state index contributed by atoms with van der Waals surface area (Å²) in [5.74, 6) is -0.357. The van der Waals surface area contributed by atoms with E-state index in [1.54, 1.807) is 13.8 Å². The summed E-state index contributed by atoms with van der Waals surface area (Å²) in [5, 5.41) is 0. The Kier molecular flexibility index (Phi) is 4.15. The quantitative estimate of drug-likeness (QED) is 0.663. The number of hydrogen-bond donors (Lipinski definition) is 0. The summed E-state index contributed by atoms with van der Waals surface area (Å²) in [6, 6.07) is 0. The summed E-state index contributed by atoms with van der Waals surface area (Å²) in [6.07, 6.45) is 1.60. The lowest BCUT2D eigenvalue weighted by atomic mass is 10.2. The standard InChI is InChI=1S/C10H15NO4/c1-3-14-9(12)8-5-6-11(7-8)10(13)15-4-2/h7H,3-6H2,1-2H3. The van der Waals surface area contributed by atoms with Crippen LogP contribution in [0.3, 0.4) is 0 Å². The van der Waals surface area contributed by atoms with Crippen LogP contribution in [0.1, 0.15) is 20.3 Å². The van der Waals surface area contributed by atoms with Crippen molar-refractivity contribution in [2.24, 2.45) is 0 Å². The molecule has 0 N–H and O–H groups in total. The second-order valence-corrected chi connectivity index (χ2v) is 3.02. The second-order valence-electron chi connectivity index (χ2n) is 3.02. The first-order valence-corrected chi connectivity index (χ1v) is 5.00. The van der Waals surface area contributed by atoms with Crippen LogP contribution in [0.5, 0.6) is 0 Å². The third-order valence-electron chi connectivity index (χ3n) is 1.97. The van der Waals surface area contributed by atoms with Gasteiger partial charge in [-0.3, -0.25) is 4.90 Å². The summed E-state index contributed by atoms with van der Waals surface area (Å²) >= 11 is 0. The van der Waals surface area contributed by atoms with Gasteiger partial charge < -0.3 is 9.47 Å². The molecule has 5 heteroatoms. The van der Waals surface area contributed by atoms with Gasteiger partial charge in [-0.25, -0.2) is 9.59 Å². The van der Waals surface area contributed by atoms with E-state index in [-0.39, 0.29) is 5.97 Å². The number of carbonyl (C=O) groups is 2. The average molecular weight is 213 g/mol. The summed E-state index contributed by atoms with van der Waals surface area (Å²) in [7, 11) is 0. The minimum Gasteiger partial charge on any atom is -0.463 e. The summed E-state index contributed by atoms with van der Waals surface area (Å²) in [4.78, 5) is 24.0. The highest BCUT2D eigenvalue weighted by atomic mass is 16.6. The van der Waals surface area contributed by atoms with Crippen LogP contribution in [0, 0.1) is 0 Å². The van der Waals surface area contributed by atoms with Crippen LogP contribution in [0.4, 0.5) is 4.79 Å². The minimum atomic E-state index is -0.420. The van der Waals surface area contributed by atoms with E-state index in [9.17, 15) is 9.59 Å². The van der Waals surface area contributed by atoms with E-state index in [4.69, 9.17) is 9.47 Å². The molecule has 1 heterocycles. The first kappa shape index (κ1) is 11.6. The fraction of sp³-hybridized carbons (Fsp3) is 0.600. The van der Waals surface area contributed by atoms with E-state index in [2.05, 4.69) is 0 Å². The van der Waals surface area contributed by atoms with Crippen LogP contribution in [0.25, 0.3) is 0 Å². The monoisotopic (exact) mass is 213 g/mol. The van der Waals surface area contributed by atoms with Crippen molar-refractivity contribution in [3.8, 4) is 0 Å². The molecule has 0 aliphatic carbocycles. The fourth-order valence-electron chi connectivity index (χ4n) is 1.29. The van der Waals surface area contributed by atoms with Gasteiger partial charge in [0.25, 0.3) is 0 Å². The highest BCUT2D eigenvalue weighted by molar-refractivity contribution is 5.90. The molecule has 1 aliphatic rings. The predicted octanol–water partition coefficient (Wildman–Crippen LogP) is 1.30. The largest absolute Gasteiger partial charge is 0.463 e. The SMILES string of the molecule is CCOC(=O)C1=CN(C(=O)OCC)CC1. The van der Waals surface area contributed by atoms with Crippen LogP contribution in [0.15, 0.2) is 11.8 Å². The Morgan fingerprint density at radius 1 is 1.33 bits per heavy atom. The van der Waals surface area contributed by atoms with E-state index in [1.807, 2.05) is 0 Å². The number of esters is 1. The molecule has 15 heavy (non-hydrogen) atoms. The molecule has 0 aromatic heterocycles. The molecule has 0 atom stereocenters. The first-order chi connectivity index (χ1) is 7.19. The van der Waals surface area contributed by atoms with Crippen molar-refractivity contribution in [2.45, 2.75) is 20.3 Å². The van der Waals surface area contributed by atoms with Crippen molar-refractivity contribution >= 4 is 12.1 Å². The molecule has 0 saturated heterocycles. The van der Waals surface area contributed by atoms with Crippen LogP contribution < -0.4 is 0 Å². The third-order valence-corrected chi connectivity index (χ3v) is 1.97. The zero-order valence-corrected chi connectivity index (χ0v) is 8.99. The van der Waals surface area contributed by atoms with Gasteiger partial charge in [0.15, 0.2) is 0 Å². The Bertz CT molecular complexity index is 285. The fourth-order valence-corrected chi connectivity index (χ4v) is 1.29. The zero-order chi connectivity index (χ0) is 11.3. The lowest BCUT2D eigenvalue weighted by Crippen LogP contribution is -2.24. The number of nitrogens with zero attached hydrogens (tertiary/aromatic N) is 1. The number of rotatable bonds is 3. The number of hydrogen-bond acceptors (Lipinski definition) is 4. The van der Waals surface area contributed by atoms with Gasteiger partial charge in [0, 0.05) is 12.7 Å². The van der Waals surface area contributed by atoms with Crippen LogP contribution in [-0.2, 0) is 14.3 Å². The molecule has 0 aromatic carbocycles. The number of carbonyl (C=O) groups excluding carboxylic acids is 2. The molecule has 5 nitrogen and oxygen atoms in total. The van der Waals surface area contributed by atoms with Crippen molar-refractivity contribution in [1.82, 2.24) is 4.90 Å². The molecule has 1 amide bonds. The topological polar surface area (TPSA) is 55.8 Å². The Balaban J connectivity index is 2.54. The highest BCUT2D eigenvalue weighted by Gasteiger charge is 2.23. The van der Waals surface area contributed by atoms with Crippen molar-refractivity contribution in [3.63, 3.8) is 0 Å². The van der Waals surface area contributed by atoms with Crippen LogP contribution in [-0.4, -0.2) is 36.7 Å². The Morgan fingerprint density at radius 2 is 2.00 bits per heavy atom. The van der Waals surface area contributed by atoms with Gasteiger partial charge in [-0.15, -0.1) is 0 Å². The molecule has 1 rings (SSSR count). The van der Waals surface area contributed by atoms with Gasteiger partial charge >= 0.3 is 12.1 Å². The molecule has 0 saturated carbocycles. The molecule has 0 aromatic rings. The number of amides is 1. The summed E-state index contributed by atoms with van der Waals surface area (Å²) in [5.41, 5.74) is 0.518. The molecule has 0 bridgehead atoms.